The van der Waals surface area contributed by atoms with Crippen LogP contribution in [0.25, 0.3) is 28.3 Å². The lowest BCUT2D eigenvalue weighted by atomic mass is 10.1. The summed E-state index contributed by atoms with van der Waals surface area (Å²) in [6.45, 7) is 4.23. The van der Waals surface area contributed by atoms with Crippen LogP contribution in [0.4, 0.5) is 8.78 Å². The minimum Gasteiger partial charge on any atom is -0.439 e. The third-order valence-electron chi connectivity index (χ3n) is 5.79. The molecule has 2 heterocycles. The normalized spacial score (nSPS) is 11.4. The van der Waals surface area contributed by atoms with Gasteiger partial charge in [-0.3, -0.25) is 9.36 Å². The summed E-state index contributed by atoms with van der Waals surface area (Å²) >= 11 is 6.18. The number of halogens is 3. The van der Waals surface area contributed by atoms with Crippen LogP contribution in [0.5, 0.6) is 0 Å². The van der Waals surface area contributed by atoms with Gasteiger partial charge in [-0.05, 0) is 55.3 Å². The van der Waals surface area contributed by atoms with Gasteiger partial charge < -0.3 is 13.9 Å². The maximum absolute atomic E-state index is 14.8. The van der Waals surface area contributed by atoms with Crippen LogP contribution < -0.4 is 5.56 Å². The number of benzene rings is 2. The Morgan fingerprint density at radius 2 is 1.69 bits per heavy atom. The zero-order valence-electron chi connectivity index (χ0n) is 20.3. The number of rotatable bonds is 8. The van der Waals surface area contributed by atoms with E-state index in [1.54, 1.807) is 38.6 Å². The van der Waals surface area contributed by atoms with Crippen molar-refractivity contribution < 1.29 is 22.7 Å². The fourth-order valence-electron chi connectivity index (χ4n) is 4.24. The summed E-state index contributed by atoms with van der Waals surface area (Å²) in [4.78, 5) is 17.5. The summed E-state index contributed by atoms with van der Waals surface area (Å²) in [5.41, 5.74) is 2.88. The number of methoxy groups -OCH3 is 2. The molecule has 0 unspecified atom stereocenters. The SMILES string of the molecule is COCC(COC)c1nc(-c2ccc(=O)n(-c3c(C)cc(Cl)cc3C)c2)c(-c2ccc(F)cc2F)o1. The Kier molecular flexibility index (Phi) is 7.68. The van der Waals surface area contributed by atoms with Gasteiger partial charge in [0.05, 0.1) is 30.4 Å². The number of oxazole rings is 1. The van der Waals surface area contributed by atoms with Crippen molar-refractivity contribution in [2.24, 2.45) is 0 Å². The topological polar surface area (TPSA) is 66.5 Å². The summed E-state index contributed by atoms with van der Waals surface area (Å²) in [5, 5.41) is 0.565. The van der Waals surface area contributed by atoms with Gasteiger partial charge in [0.2, 0.25) is 5.89 Å². The third-order valence-corrected chi connectivity index (χ3v) is 6.00. The third kappa shape index (κ3) is 5.11. The zero-order chi connectivity index (χ0) is 26.0. The fourth-order valence-corrected chi connectivity index (χ4v) is 4.57. The molecule has 0 aliphatic heterocycles. The average molecular weight is 515 g/mol. The first-order valence-corrected chi connectivity index (χ1v) is 11.6. The quantitative estimate of drug-likeness (QED) is 0.285. The average Bonchev–Trinajstić information content (AvgIpc) is 3.24. The summed E-state index contributed by atoms with van der Waals surface area (Å²) in [7, 11) is 3.08. The highest BCUT2D eigenvalue weighted by Gasteiger charge is 2.25. The van der Waals surface area contributed by atoms with Crippen LogP contribution in [0, 0.1) is 25.5 Å². The Labute approximate surface area is 212 Å². The molecule has 0 N–H and O–H groups in total. The van der Waals surface area contributed by atoms with E-state index >= 15 is 0 Å². The number of pyridine rings is 1. The fraction of sp³-hybridized carbons (Fsp3) is 0.259. The van der Waals surface area contributed by atoms with E-state index in [1.165, 1.54) is 16.7 Å². The van der Waals surface area contributed by atoms with Crippen LogP contribution >= 0.6 is 11.6 Å². The number of hydrogen-bond acceptors (Lipinski definition) is 5. The Balaban J connectivity index is 1.95. The van der Waals surface area contributed by atoms with Crippen molar-refractivity contribution in [2.75, 3.05) is 27.4 Å². The van der Waals surface area contributed by atoms with Crippen molar-refractivity contribution in [2.45, 2.75) is 19.8 Å². The van der Waals surface area contributed by atoms with Crippen molar-refractivity contribution in [3.8, 4) is 28.3 Å². The largest absolute Gasteiger partial charge is 0.439 e. The minimum absolute atomic E-state index is 0.0373. The summed E-state index contributed by atoms with van der Waals surface area (Å²) < 4.78 is 46.6. The molecule has 0 saturated carbocycles. The Bertz CT molecular complexity index is 1440. The molecule has 0 amide bonds. The molecule has 6 nitrogen and oxygen atoms in total. The first-order valence-electron chi connectivity index (χ1n) is 11.2. The van der Waals surface area contributed by atoms with Gasteiger partial charge in [-0.15, -0.1) is 0 Å². The molecule has 188 valence electrons. The van der Waals surface area contributed by atoms with Crippen LogP contribution in [-0.4, -0.2) is 37.0 Å². The van der Waals surface area contributed by atoms with Crippen LogP contribution in [0.3, 0.4) is 0 Å². The first kappa shape index (κ1) is 25.8. The molecule has 2 aromatic heterocycles. The van der Waals surface area contributed by atoms with E-state index < -0.39 is 11.6 Å². The summed E-state index contributed by atoms with van der Waals surface area (Å²) in [6, 6.07) is 9.77. The molecule has 2 aromatic carbocycles. The monoisotopic (exact) mass is 514 g/mol. The van der Waals surface area contributed by atoms with Gasteiger partial charge in [0.15, 0.2) is 5.76 Å². The highest BCUT2D eigenvalue weighted by molar-refractivity contribution is 6.30. The lowest BCUT2D eigenvalue weighted by Gasteiger charge is -2.14. The predicted octanol–water partition coefficient (Wildman–Crippen LogP) is 6.08. The zero-order valence-corrected chi connectivity index (χ0v) is 21.0. The van der Waals surface area contributed by atoms with E-state index in [1.807, 2.05) is 13.8 Å². The molecule has 0 saturated heterocycles. The van der Waals surface area contributed by atoms with Crippen molar-refractivity contribution in [3.63, 3.8) is 0 Å². The Morgan fingerprint density at radius 3 is 2.31 bits per heavy atom. The Morgan fingerprint density at radius 1 is 1.03 bits per heavy atom. The maximum atomic E-state index is 14.8. The Hall–Kier alpha value is -3.33. The number of hydrogen-bond donors (Lipinski definition) is 0. The molecule has 0 aliphatic carbocycles. The van der Waals surface area contributed by atoms with Crippen LogP contribution in [-0.2, 0) is 9.47 Å². The van der Waals surface area contributed by atoms with Gasteiger partial charge in [-0.2, -0.15) is 0 Å². The minimum atomic E-state index is -0.799. The van der Waals surface area contributed by atoms with Gasteiger partial charge in [-0.25, -0.2) is 13.8 Å². The van der Waals surface area contributed by atoms with Crippen molar-refractivity contribution in [1.82, 2.24) is 9.55 Å². The van der Waals surface area contributed by atoms with Gasteiger partial charge in [0.1, 0.15) is 17.3 Å². The van der Waals surface area contributed by atoms with E-state index in [4.69, 9.17) is 25.5 Å². The van der Waals surface area contributed by atoms with E-state index in [0.717, 1.165) is 23.3 Å². The van der Waals surface area contributed by atoms with Crippen LogP contribution in [0.2, 0.25) is 5.02 Å². The molecular weight excluding hydrogens is 490 g/mol. The van der Waals surface area contributed by atoms with Gasteiger partial charge in [0.25, 0.3) is 5.56 Å². The van der Waals surface area contributed by atoms with Crippen molar-refractivity contribution in [3.05, 3.63) is 92.7 Å². The van der Waals surface area contributed by atoms with E-state index in [-0.39, 0.29) is 41.9 Å². The molecule has 9 heteroatoms. The standard InChI is InChI=1S/C27H25ClF2N2O4/c1-15-9-19(28)10-16(2)25(15)32-12-17(5-8-23(32)33)24-26(21-7-6-20(29)11-22(21)30)36-27(31-24)18(13-34-3)14-35-4/h5-12,18H,13-14H2,1-4H3. The molecule has 0 bridgehead atoms. The maximum Gasteiger partial charge on any atom is 0.255 e. The van der Waals surface area contributed by atoms with Crippen molar-refractivity contribution >= 4 is 11.6 Å². The molecular formula is C27H25ClF2N2O4. The highest BCUT2D eigenvalue weighted by atomic mass is 35.5. The highest BCUT2D eigenvalue weighted by Crippen LogP contribution is 2.36. The van der Waals surface area contributed by atoms with Gasteiger partial charge >= 0.3 is 0 Å². The second-order valence-corrected chi connectivity index (χ2v) is 8.91. The number of ether oxygens (including phenoxy) is 2. The number of aryl methyl sites for hydroxylation is 2. The van der Waals surface area contributed by atoms with Crippen molar-refractivity contribution in [1.29, 1.82) is 0 Å². The van der Waals surface area contributed by atoms with E-state index in [2.05, 4.69) is 4.98 Å². The van der Waals surface area contributed by atoms with Gasteiger partial charge in [-0.1, -0.05) is 11.6 Å². The number of nitrogens with zero attached hydrogens (tertiary/aromatic N) is 2. The molecule has 0 radical (unpaired) electrons. The van der Waals surface area contributed by atoms with Gasteiger partial charge in [0, 0.05) is 43.1 Å². The lowest BCUT2D eigenvalue weighted by Crippen LogP contribution is -2.18. The predicted molar refractivity (Wildman–Crippen MR) is 134 cm³/mol. The number of aromatic nitrogens is 2. The molecule has 4 rings (SSSR count). The van der Waals surface area contributed by atoms with Crippen LogP contribution in [0.15, 0.2) is 57.9 Å². The second-order valence-electron chi connectivity index (χ2n) is 8.48. The molecule has 36 heavy (non-hydrogen) atoms. The van der Waals surface area contributed by atoms with E-state index in [0.29, 0.717) is 22.0 Å². The molecule has 4 aromatic rings. The lowest BCUT2D eigenvalue weighted by molar-refractivity contribution is 0.106. The molecule has 0 spiro atoms. The first-order chi connectivity index (χ1) is 17.2. The smallest absolute Gasteiger partial charge is 0.255 e. The van der Waals surface area contributed by atoms with Crippen LogP contribution in [0.1, 0.15) is 22.9 Å². The molecule has 0 aliphatic rings. The second kappa shape index (κ2) is 10.7. The molecule has 0 fully saturated rings. The molecule has 0 atom stereocenters. The summed E-state index contributed by atoms with van der Waals surface area (Å²) in [6.07, 6.45) is 1.62. The summed E-state index contributed by atoms with van der Waals surface area (Å²) in [5.74, 6) is -1.51. The van der Waals surface area contributed by atoms with E-state index in [9.17, 15) is 13.6 Å².